The number of aromatic nitrogens is 2. The van der Waals surface area contributed by atoms with Crippen molar-refractivity contribution in [2.45, 2.75) is 6.54 Å². The van der Waals surface area contributed by atoms with Gasteiger partial charge in [0.05, 0.1) is 12.9 Å². The van der Waals surface area contributed by atoms with Crippen molar-refractivity contribution >= 4 is 10.8 Å². The van der Waals surface area contributed by atoms with Crippen molar-refractivity contribution in [2.24, 2.45) is 0 Å². The summed E-state index contributed by atoms with van der Waals surface area (Å²) in [7, 11) is 0. The Balaban J connectivity index is 1.84. The molecule has 0 unspecified atom stereocenters. The van der Waals surface area contributed by atoms with E-state index in [0.29, 0.717) is 6.54 Å². The first-order chi connectivity index (χ1) is 8.92. The molecule has 3 aromatic rings. The molecule has 2 aromatic carbocycles. The van der Waals surface area contributed by atoms with Crippen LogP contribution in [0.1, 0.15) is 5.56 Å². The number of fused-ring (bicyclic) bond motifs is 1. The fourth-order valence-electron chi connectivity index (χ4n) is 1.88. The van der Waals surface area contributed by atoms with E-state index in [4.69, 9.17) is 0 Å². The van der Waals surface area contributed by atoms with Crippen molar-refractivity contribution in [1.82, 2.24) is 9.55 Å². The Morgan fingerprint density at radius 3 is 2.78 bits per heavy atom. The Labute approximate surface area is 106 Å². The first kappa shape index (κ1) is 10.6. The molecule has 0 aliphatic rings. The molecule has 1 aromatic heterocycles. The molecule has 0 saturated heterocycles. The van der Waals surface area contributed by atoms with Crippen molar-refractivity contribution in [3.05, 3.63) is 66.7 Å². The SMILES string of the molecule is C(#Cc1ccc2ccccc2c1)Cn1ccnc1. The van der Waals surface area contributed by atoms with Gasteiger partial charge >= 0.3 is 0 Å². The molecule has 86 valence electrons. The maximum Gasteiger partial charge on any atom is 0.0954 e. The number of benzene rings is 2. The molecule has 2 heteroatoms. The molecular formula is C16H12N2. The fraction of sp³-hybridized carbons (Fsp3) is 0.0625. The summed E-state index contributed by atoms with van der Waals surface area (Å²) in [5.74, 6) is 6.32. The van der Waals surface area contributed by atoms with Crippen molar-refractivity contribution in [2.75, 3.05) is 0 Å². The van der Waals surface area contributed by atoms with Gasteiger partial charge in [0, 0.05) is 18.0 Å². The Bertz CT molecular complexity index is 715. The zero-order valence-corrected chi connectivity index (χ0v) is 9.88. The average molecular weight is 232 g/mol. The molecule has 3 rings (SSSR count). The fourth-order valence-corrected chi connectivity index (χ4v) is 1.88. The summed E-state index contributed by atoms with van der Waals surface area (Å²) < 4.78 is 1.95. The van der Waals surface area contributed by atoms with E-state index < -0.39 is 0 Å². The van der Waals surface area contributed by atoms with E-state index >= 15 is 0 Å². The highest BCUT2D eigenvalue weighted by molar-refractivity contribution is 5.83. The quantitative estimate of drug-likeness (QED) is 0.589. The van der Waals surface area contributed by atoms with E-state index in [-0.39, 0.29) is 0 Å². The van der Waals surface area contributed by atoms with E-state index in [1.165, 1.54) is 10.8 Å². The number of rotatable bonds is 1. The minimum Gasteiger partial charge on any atom is -0.326 e. The van der Waals surface area contributed by atoms with Crippen LogP contribution >= 0.6 is 0 Å². The summed E-state index contributed by atoms with van der Waals surface area (Å²) in [6, 6.07) is 14.6. The topological polar surface area (TPSA) is 17.8 Å². The molecular weight excluding hydrogens is 220 g/mol. The third-order valence-corrected chi connectivity index (χ3v) is 2.80. The van der Waals surface area contributed by atoms with Gasteiger partial charge in [0.25, 0.3) is 0 Å². The van der Waals surface area contributed by atoms with Gasteiger partial charge in [-0.25, -0.2) is 4.98 Å². The molecule has 18 heavy (non-hydrogen) atoms. The van der Waals surface area contributed by atoms with Crippen LogP contribution < -0.4 is 0 Å². The summed E-state index contributed by atoms with van der Waals surface area (Å²) in [4.78, 5) is 3.98. The van der Waals surface area contributed by atoms with E-state index in [2.05, 4.69) is 47.2 Å². The van der Waals surface area contributed by atoms with Crippen LogP contribution in [0.25, 0.3) is 10.8 Å². The second-order valence-electron chi connectivity index (χ2n) is 4.10. The van der Waals surface area contributed by atoms with Crippen molar-refractivity contribution < 1.29 is 0 Å². The highest BCUT2D eigenvalue weighted by Crippen LogP contribution is 2.14. The van der Waals surface area contributed by atoms with Crippen LogP contribution in [0.2, 0.25) is 0 Å². The molecule has 0 aliphatic carbocycles. The maximum absolute atomic E-state index is 3.98. The monoisotopic (exact) mass is 232 g/mol. The van der Waals surface area contributed by atoms with Gasteiger partial charge in [-0.2, -0.15) is 0 Å². The standard InChI is InChI=1S/C16H12N2/c1-2-6-16-12-14(7-8-15(16)5-1)4-3-10-18-11-9-17-13-18/h1-2,5-9,11-13H,10H2. The predicted molar refractivity (Wildman–Crippen MR) is 73.1 cm³/mol. The van der Waals surface area contributed by atoms with Gasteiger partial charge in [-0.3, -0.25) is 0 Å². The molecule has 0 atom stereocenters. The zero-order chi connectivity index (χ0) is 12.2. The van der Waals surface area contributed by atoms with Gasteiger partial charge in [-0.15, -0.1) is 0 Å². The van der Waals surface area contributed by atoms with Crippen LogP contribution in [-0.2, 0) is 6.54 Å². The lowest BCUT2D eigenvalue weighted by Gasteiger charge is -1.97. The predicted octanol–water partition coefficient (Wildman–Crippen LogP) is 3.09. The summed E-state index contributed by atoms with van der Waals surface area (Å²) in [6.45, 7) is 0.673. The molecule has 2 nitrogen and oxygen atoms in total. The maximum atomic E-state index is 3.98. The second kappa shape index (κ2) is 4.77. The van der Waals surface area contributed by atoms with Gasteiger partial charge < -0.3 is 4.57 Å². The molecule has 0 saturated carbocycles. The van der Waals surface area contributed by atoms with Gasteiger partial charge in [0.2, 0.25) is 0 Å². The molecule has 0 bridgehead atoms. The number of nitrogens with zero attached hydrogens (tertiary/aromatic N) is 2. The van der Waals surface area contributed by atoms with Crippen LogP contribution in [0.5, 0.6) is 0 Å². The number of hydrogen-bond donors (Lipinski definition) is 0. The Morgan fingerprint density at radius 1 is 1.06 bits per heavy atom. The number of imidazole rings is 1. The third kappa shape index (κ3) is 2.26. The Kier molecular flexibility index (Phi) is 2.81. The Hall–Kier alpha value is -2.53. The normalized spacial score (nSPS) is 10.0. The highest BCUT2D eigenvalue weighted by atomic mass is 15.0. The van der Waals surface area contributed by atoms with Crippen LogP contribution in [-0.4, -0.2) is 9.55 Å². The summed E-state index contributed by atoms with van der Waals surface area (Å²) >= 11 is 0. The average Bonchev–Trinajstić information content (AvgIpc) is 2.92. The smallest absolute Gasteiger partial charge is 0.0954 e. The highest BCUT2D eigenvalue weighted by Gasteiger charge is 1.92. The van der Waals surface area contributed by atoms with E-state index in [1.807, 2.05) is 22.9 Å². The van der Waals surface area contributed by atoms with Gasteiger partial charge in [-0.1, -0.05) is 42.2 Å². The van der Waals surface area contributed by atoms with E-state index in [0.717, 1.165) is 5.56 Å². The molecule has 0 aliphatic heterocycles. The molecule has 0 spiro atoms. The molecule has 0 amide bonds. The second-order valence-corrected chi connectivity index (χ2v) is 4.10. The minimum absolute atomic E-state index is 0.673. The molecule has 0 fully saturated rings. The summed E-state index contributed by atoms with van der Waals surface area (Å²) in [5, 5.41) is 2.48. The lowest BCUT2D eigenvalue weighted by atomic mass is 10.1. The molecule has 0 radical (unpaired) electrons. The largest absolute Gasteiger partial charge is 0.326 e. The van der Waals surface area contributed by atoms with Gasteiger partial charge in [0.1, 0.15) is 0 Å². The van der Waals surface area contributed by atoms with Crippen molar-refractivity contribution in [1.29, 1.82) is 0 Å². The van der Waals surface area contributed by atoms with Crippen LogP contribution in [0.3, 0.4) is 0 Å². The van der Waals surface area contributed by atoms with Crippen molar-refractivity contribution in [3.63, 3.8) is 0 Å². The molecule has 1 heterocycles. The van der Waals surface area contributed by atoms with Crippen LogP contribution in [0.4, 0.5) is 0 Å². The van der Waals surface area contributed by atoms with Crippen LogP contribution in [0, 0.1) is 11.8 Å². The van der Waals surface area contributed by atoms with Crippen molar-refractivity contribution in [3.8, 4) is 11.8 Å². The van der Waals surface area contributed by atoms with Crippen LogP contribution in [0.15, 0.2) is 61.2 Å². The zero-order valence-electron chi connectivity index (χ0n) is 9.88. The van der Waals surface area contributed by atoms with E-state index in [1.54, 1.807) is 12.5 Å². The third-order valence-electron chi connectivity index (χ3n) is 2.80. The first-order valence-electron chi connectivity index (χ1n) is 5.85. The lowest BCUT2D eigenvalue weighted by Crippen LogP contribution is -1.90. The first-order valence-corrected chi connectivity index (χ1v) is 5.85. The molecule has 0 N–H and O–H groups in total. The Morgan fingerprint density at radius 2 is 1.94 bits per heavy atom. The van der Waals surface area contributed by atoms with E-state index in [9.17, 15) is 0 Å². The lowest BCUT2D eigenvalue weighted by molar-refractivity contribution is 0.840. The number of hydrogen-bond acceptors (Lipinski definition) is 1. The summed E-state index contributed by atoms with van der Waals surface area (Å²) in [5.41, 5.74) is 1.05. The summed E-state index contributed by atoms with van der Waals surface area (Å²) in [6.07, 6.45) is 5.45. The van der Waals surface area contributed by atoms with Gasteiger partial charge in [0.15, 0.2) is 0 Å². The van der Waals surface area contributed by atoms with Gasteiger partial charge in [-0.05, 0) is 22.9 Å². The minimum atomic E-state index is 0.673.